The van der Waals surface area contributed by atoms with E-state index in [2.05, 4.69) is 0 Å². The average Bonchev–Trinajstić information content (AvgIpc) is 3.06. The summed E-state index contributed by atoms with van der Waals surface area (Å²) in [4.78, 5) is 11.0. The number of rotatable bonds is 5. The number of nitrogens with zero attached hydrogens (tertiary/aromatic N) is 1. The molecule has 1 atom stereocenters. The van der Waals surface area contributed by atoms with Gasteiger partial charge in [-0.15, -0.1) is 0 Å². The molecular weight excluding hydrogens is 316 g/mol. The summed E-state index contributed by atoms with van der Waals surface area (Å²) in [7, 11) is -2.85. The van der Waals surface area contributed by atoms with Crippen molar-refractivity contribution in [3.8, 4) is 0 Å². The molecule has 1 aromatic carbocycles. The number of benzene rings is 1. The zero-order valence-corrected chi connectivity index (χ0v) is 13.2. The summed E-state index contributed by atoms with van der Waals surface area (Å²) in [6, 6.07) is 5.15. The number of halogens is 2. The minimum atomic E-state index is -4.03. The molecule has 0 radical (unpaired) electrons. The zero-order chi connectivity index (χ0) is 16.9. The van der Waals surface area contributed by atoms with E-state index < -0.39 is 33.4 Å². The average molecular weight is 333 g/mol. The molecule has 2 rings (SSSR count). The molecule has 0 spiro atoms. The Balaban J connectivity index is 2.29. The number of carbonyl (C=O) groups is 1. The maximum Gasteiger partial charge on any atom is 0.324 e. The fourth-order valence-corrected chi connectivity index (χ4v) is 3.52. The van der Waals surface area contributed by atoms with E-state index in [-0.39, 0.29) is 11.3 Å². The van der Waals surface area contributed by atoms with Gasteiger partial charge in [-0.2, -0.15) is 4.31 Å². The second-order valence-electron chi connectivity index (χ2n) is 5.92. The molecule has 1 fully saturated rings. The number of sulfonamides is 1. The topological polar surface area (TPSA) is 74.7 Å². The Labute approximate surface area is 127 Å². The molecule has 0 bridgehead atoms. The van der Waals surface area contributed by atoms with Crippen LogP contribution < -0.4 is 0 Å². The molecule has 0 heterocycles. The van der Waals surface area contributed by atoms with Gasteiger partial charge in [0.25, 0.3) is 5.92 Å². The molecule has 0 aliphatic heterocycles. The summed E-state index contributed by atoms with van der Waals surface area (Å²) >= 11 is 0. The predicted octanol–water partition coefficient (Wildman–Crippen LogP) is 2.29. The van der Waals surface area contributed by atoms with Crippen molar-refractivity contribution >= 4 is 16.0 Å². The first-order chi connectivity index (χ1) is 9.90. The fraction of sp³-hybridized carbons (Fsp3) is 0.500. The van der Waals surface area contributed by atoms with Crippen molar-refractivity contribution in [1.82, 2.24) is 4.31 Å². The lowest BCUT2D eigenvalue weighted by Gasteiger charge is -2.30. The minimum Gasteiger partial charge on any atom is -0.480 e. The molecule has 1 N–H and O–H groups in total. The normalized spacial score (nSPS) is 20.9. The largest absolute Gasteiger partial charge is 0.480 e. The Morgan fingerprint density at radius 1 is 1.32 bits per heavy atom. The molecule has 5 nitrogen and oxygen atoms in total. The van der Waals surface area contributed by atoms with E-state index in [4.69, 9.17) is 5.11 Å². The van der Waals surface area contributed by atoms with Crippen LogP contribution in [0.25, 0.3) is 0 Å². The number of carboxylic acids is 1. The number of alkyl halides is 2. The zero-order valence-electron chi connectivity index (χ0n) is 12.4. The van der Waals surface area contributed by atoms with Gasteiger partial charge in [0.2, 0.25) is 10.0 Å². The van der Waals surface area contributed by atoms with Crippen molar-refractivity contribution in [2.24, 2.45) is 0 Å². The molecule has 8 heteroatoms. The first-order valence-corrected chi connectivity index (χ1v) is 8.05. The van der Waals surface area contributed by atoms with Gasteiger partial charge < -0.3 is 5.11 Å². The highest BCUT2D eigenvalue weighted by molar-refractivity contribution is 7.89. The Morgan fingerprint density at radius 3 is 2.14 bits per heavy atom. The van der Waals surface area contributed by atoms with Crippen LogP contribution in [0.1, 0.15) is 31.7 Å². The lowest BCUT2D eigenvalue weighted by atomic mass is 10.1. The highest BCUT2D eigenvalue weighted by Crippen LogP contribution is 2.55. The summed E-state index contributed by atoms with van der Waals surface area (Å²) < 4.78 is 51.6. The van der Waals surface area contributed by atoms with E-state index in [1.54, 1.807) is 0 Å². The molecule has 1 aliphatic rings. The number of hydrogen-bond donors (Lipinski definition) is 1. The lowest BCUT2D eigenvalue weighted by molar-refractivity contribution is -0.145. The fourth-order valence-electron chi connectivity index (χ4n) is 2.04. The molecule has 1 saturated carbocycles. The maximum absolute atomic E-state index is 13.0. The standard InChI is InChI=1S/C14H17F2NO4S/c1-13(2,12(18)19)17(3)22(20,21)10-6-4-9(5-7-10)11-8-14(11,15)16/h4-7,11H,8H2,1-3H3,(H,18,19). The van der Waals surface area contributed by atoms with Crippen LogP contribution in [-0.4, -0.2) is 42.3 Å². The van der Waals surface area contributed by atoms with Crippen molar-refractivity contribution < 1.29 is 27.1 Å². The number of hydrogen-bond acceptors (Lipinski definition) is 3. The van der Waals surface area contributed by atoms with Crippen LogP contribution in [-0.2, 0) is 14.8 Å². The third-order valence-electron chi connectivity index (χ3n) is 4.08. The van der Waals surface area contributed by atoms with E-state index in [1.165, 1.54) is 45.2 Å². The first kappa shape index (κ1) is 16.8. The van der Waals surface area contributed by atoms with Crippen LogP contribution in [0.5, 0.6) is 0 Å². The van der Waals surface area contributed by atoms with Crippen molar-refractivity contribution in [1.29, 1.82) is 0 Å². The van der Waals surface area contributed by atoms with Crippen LogP contribution >= 0.6 is 0 Å². The Morgan fingerprint density at radius 2 is 1.77 bits per heavy atom. The summed E-state index contributed by atoms with van der Waals surface area (Å²) in [5.74, 6) is -4.87. The predicted molar refractivity (Wildman–Crippen MR) is 75.4 cm³/mol. The van der Waals surface area contributed by atoms with Crippen LogP contribution in [0.3, 0.4) is 0 Å². The Kier molecular flexibility index (Phi) is 3.81. The van der Waals surface area contributed by atoms with Crippen molar-refractivity contribution in [3.63, 3.8) is 0 Å². The lowest BCUT2D eigenvalue weighted by Crippen LogP contribution is -2.50. The highest BCUT2D eigenvalue weighted by Gasteiger charge is 2.57. The Bertz CT molecular complexity index is 698. The molecule has 0 saturated heterocycles. The number of aliphatic carboxylic acids is 1. The highest BCUT2D eigenvalue weighted by atomic mass is 32.2. The van der Waals surface area contributed by atoms with Gasteiger partial charge in [0.1, 0.15) is 5.54 Å². The van der Waals surface area contributed by atoms with Crippen LogP contribution in [0.15, 0.2) is 29.2 Å². The van der Waals surface area contributed by atoms with E-state index in [1.807, 2.05) is 0 Å². The van der Waals surface area contributed by atoms with E-state index >= 15 is 0 Å². The third kappa shape index (κ3) is 2.72. The molecule has 0 aromatic heterocycles. The van der Waals surface area contributed by atoms with Gasteiger partial charge >= 0.3 is 5.97 Å². The van der Waals surface area contributed by atoms with Gasteiger partial charge in [0.15, 0.2) is 0 Å². The van der Waals surface area contributed by atoms with Gasteiger partial charge in [-0.05, 0) is 31.5 Å². The quantitative estimate of drug-likeness (QED) is 0.897. The van der Waals surface area contributed by atoms with Crippen molar-refractivity contribution in [2.45, 2.75) is 42.5 Å². The molecule has 22 heavy (non-hydrogen) atoms. The summed E-state index contributed by atoms with van der Waals surface area (Å²) in [5.41, 5.74) is -1.25. The molecule has 122 valence electrons. The van der Waals surface area contributed by atoms with Crippen molar-refractivity contribution in [3.05, 3.63) is 29.8 Å². The van der Waals surface area contributed by atoms with E-state index in [0.29, 0.717) is 5.56 Å². The van der Waals surface area contributed by atoms with Gasteiger partial charge in [-0.25, -0.2) is 17.2 Å². The number of likely N-dealkylation sites (N-methyl/N-ethyl adjacent to an activating group) is 1. The molecular formula is C14H17F2NO4S. The molecule has 1 aromatic rings. The van der Waals surface area contributed by atoms with Gasteiger partial charge in [-0.1, -0.05) is 12.1 Å². The molecule has 0 amide bonds. The maximum atomic E-state index is 13.0. The number of carboxylic acid groups (broad SMARTS) is 1. The molecule has 1 aliphatic carbocycles. The van der Waals surface area contributed by atoms with Crippen LogP contribution in [0.2, 0.25) is 0 Å². The second kappa shape index (κ2) is 4.99. The first-order valence-electron chi connectivity index (χ1n) is 6.61. The smallest absolute Gasteiger partial charge is 0.324 e. The molecule has 1 unspecified atom stereocenters. The summed E-state index contributed by atoms with van der Waals surface area (Å²) in [5, 5.41) is 9.12. The van der Waals surface area contributed by atoms with Crippen LogP contribution in [0.4, 0.5) is 8.78 Å². The van der Waals surface area contributed by atoms with Crippen LogP contribution in [0, 0.1) is 0 Å². The van der Waals surface area contributed by atoms with Gasteiger partial charge in [0, 0.05) is 13.5 Å². The Hall–Kier alpha value is -1.54. The second-order valence-corrected chi connectivity index (χ2v) is 7.89. The SMILES string of the molecule is CN(C(C)(C)C(=O)O)S(=O)(=O)c1ccc(C2CC2(F)F)cc1. The van der Waals surface area contributed by atoms with E-state index in [9.17, 15) is 22.0 Å². The van der Waals surface area contributed by atoms with Gasteiger partial charge in [0.05, 0.1) is 10.8 Å². The third-order valence-corrected chi connectivity index (χ3v) is 6.12. The minimum absolute atomic E-state index is 0.128. The van der Waals surface area contributed by atoms with Gasteiger partial charge in [-0.3, -0.25) is 4.79 Å². The summed E-state index contributed by atoms with van der Waals surface area (Å²) in [6.07, 6.45) is -0.231. The summed E-state index contributed by atoms with van der Waals surface area (Å²) in [6.45, 7) is 2.54. The van der Waals surface area contributed by atoms with E-state index in [0.717, 1.165) is 4.31 Å². The monoisotopic (exact) mass is 333 g/mol. The van der Waals surface area contributed by atoms with Crippen molar-refractivity contribution in [2.75, 3.05) is 7.05 Å².